The van der Waals surface area contributed by atoms with E-state index in [1.807, 2.05) is 12.1 Å². The molecule has 10 heteroatoms. The normalized spacial score (nSPS) is 25.5. The highest BCUT2D eigenvalue weighted by Crippen LogP contribution is 2.28. The highest BCUT2D eigenvalue weighted by Gasteiger charge is 2.40. The van der Waals surface area contributed by atoms with Gasteiger partial charge < -0.3 is 24.8 Å². The summed E-state index contributed by atoms with van der Waals surface area (Å²) in [5.41, 5.74) is 1.18. The number of aliphatic hydroxyl groups is 1. The highest BCUT2D eigenvalue weighted by molar-refractivity contribution is 6.30. The van der Waals surface area contributed by atoms with Gasteiger partial charge in [0, 0.05) is 30.5 Å². The lowest BCUT2D eigenvalue weighted by Crippen LogP contribution is -2.57. The zero-order chi connectivity index (χ0) is 23.2. The summed E-state index contributed by atoms with van der Waals surface area (Å²) in [4.78, 5) is 35.3. The summed E-state index contributed by atoms with van der Waals surface area (Å²) in [5, 5.41) is 13.8. The number of hydrogen-bond acceptors (Lipinski definition) is 7. The van der Waals surface area contributed by atoms with Gasteiger partial charge in [-0.2, -0.15) is 0 Å². The van der Waals surface area contributed by atoms with Gasteiger partial charge in [0.1, 0.15) is 11.8 Å². The van der Waals surface area contributed by atoms with Crippen LogP contribution in [0.4, 0.5) is 0 Å². The molecule has 1 aromatic carbocycles. The minimum absolute atomic E-state index is 0.100. The first-order valence-electron chi connectivity index (χ1n) is 11.0. The van der Waals surface area contributed by atoms with E-state index in [0.717, 1.165) is 5.56 Å². The van der Waals surface area contributed by atoms with Gasteiger partial charge in [-0.3, -0.25) is 14.6 Å². The maximum absolute atomic E-state index is 13.1. The average Bonchev–Trinajstić information content (AvgIpc) is 2.82. The Hall–Kier alpha value is -2.59. The van der Waals surface area contributed by atoms with Crippen LogP contribution in [0.2, 0.25) is 5.02 Å². The maximum Gasteiger partial charge on any atom is 0.274 e. The zero-order valence-corrected chi connectivity index (χ0v) is 18.9. The van der Waals surface area contributed by atoms with Crippen LogP contribution >= 0.6 is 11.6 Å². The van der Waals surface area contributed by atoms with Crippen molar-refractivity contribution >= 4 is 23.4 Å². The quantitative estimate of drug-likeness (QED) is 0.676. The van der Waals surface area contributed by atoms with Gasteiger partial charge >= 0.3 is 0 Å². The number of rotatable bonds is 5. The molecule has 4 rings (SSSR count). The molecule has 0 radical (unpaired) electrons. The van der Waals surface area contributed by atoms with Crippen LogP contribution in [0.5, 0.6) is 0 Å². The average molecular weight is 475 g/mol. The van der Waals surface area contributed by atoms with Crippen molar-refractivity contribution in [3.8, 4) is 0 Å². The van der Waals surface area contributed by atoms with Crippen LogP contribution in [0.25, 0.3) is 0 Å². The number of benzene rings is 1. The van der Waals surface area contributed by atoms with Crippen molar-refractivity contribution in [2.24, 2.45) is 0 Å². The summed E-state index contributed by atoms with van der Waals surface area (Å²) in [7, 11) is 0. The molecule has 2 N–H and O–H groups in total. The molecule has 0 unspecified atom stereocenters. The lowest BCUT2D eigenvalue weighted by Gasteiger charge is -2.44. The van der Waals surface area contributed by atoms with Gasteiger partial charge in [-0.1, -0.05) is 23.7 Å². The molecule has 33 heavy (non-hydrogen) atoms. The Balaban J connectivity index is 1.37. The monoisotopic (exact) mass is 474 g/mol. The fourth-order valence-corrected chi connectivity index (χ4v) is 4.34. The maximum atomic E-state index is 13.1. The van der Waals surface area contributed by atoms with E-state index < -0.39 is 12.2 Å². The van der Waals surface area contributed by atoms with Crippen LogP contribution < -0.4 is 5.32 Å². The lowest BCUT2D eigenvalue weighted by molar-refractivity contribution is -0.151. The molecule has 176 valence electrons. The Kier molecular flexibility index (Phi) is 7.87. The van der Waals surface area contributed by atoms with Crippen molar-refractivity contribution < 1.29 is 24.2 Å². The van der Waals surface area contributed by atoms with Gasteiger partial charge in [0.05, 0.1) is 44.1 Å². The molecule has 0 saturated carbocycles. The first-order valence-corrected chi connectivity index (χ1v) is 11.4. The van der Waals surface area contributed by atoms with E-state index >= 15 is 0 Å². The summed E-state index contributed by atoms with van der Waals surface area (Å²) in [6, 6.07) is 7.02. The van der Waals surface area contributed by atoms with E-state index in [0.29, 0.717) is 24.4 Å². The van der Waals surface area contributed by atoms with E-state index in [1.54, 1.807) is 17.0 Å². The Bertz CT molecular complexity index is 946. The van der Waals surface area contributed by atoms with Crippen LogP contribution in [0.15, 0.2) is 42.9 Å². The molecule has 9 nitrogen and oxygen atoms in total. The van der Waals surface area contributed by atoms with Gasteiger partial charge in [0.25, 0.3) is 5.91 Å². The van der Waals surface area contributed by atoms with Gasteiger partial charge in [-0.25, -0.2) is 4.98 Å². The smallest absolute Gasteiger partial charge is 0.274 e. The second-order valence-electron chi connectivity index (χ2n) is 8.29. The molecule has 2 aromatic rings. The minimum Gasteiger partial charge on any atom is -0.389 e. The number of ether oxygens (including phenoxy) is 2. The summed E-state index contributed by atoms with van der Waals surface area (Å²) in [6.45, 7) is 0.861. The number of aromatic nitrogens is 2. The fourth-order valence-electron chi connectivity index (χ4n) is 4.21. The molecular formula is C23H27ClN4O5. The van der Waals surface area contributed by atoms with Crippen molar-refractivity contribution in [1.82, 2.24) is 20.2 Å². The zero-order valence-electron chi connectivity index (χ0n) is 18.1. The summed E-state index contributed by atoms with van der Waals surface area (Å²) in [5.74, 6) is -0.412. The van der Waals surface area contributed by atoms with E-state index in [9.17, 15) is 14.7 Å². The number of nitrogens with zero attached hydrogens (tertiary/aromatic N) is 3. The number of hydrogen-bond donors (Lipinski definition) is 2. The standard InChI is InChI=1S/C23H27ClN4O5/c24-16-3-1-15(2-4-16)10-27-22(30)9-18-5-6-20-21(33-18)14-32-13-17(29)12-28(20)23(31)19-11-25-7-8-26-19/h1-4,7-8,11,17-18,20-21,29H,5-6,9-10,12-14H2,(H,27,30)/t17-,18-,20-,21+/m0/s1. The fraction of sp³-hybridized carbons (Fsp3) is 0.478. The van der Waals surface area contributed by atoms with Gasteiger partial charge in [-0.05, 0) is 30.5 Å². The first kappa shape index (κ1) is 23.6. The SMILES string of the molecule is O=C(C[C@@H]1CC[C@H]2[C@@H](COC[C@@H](O)CN2C(=O)c2cnccn2)O1)NCc1ccc(Cl)cc1. The summed E-state index contributed by atoms with van der Waals surface area (Å²) in [6.07, 6.45) is 4.35. The Morgan fingerprint density at radius 2 is 2.00 bits per heavy atom. The number of carbonyl (C=O) groups is 2. The molecule has 2 saturated heterocycles. The third-order valence-electron chi connectivity index (χ3n) is 5.84. The van der Waals surface area contributed by atoms with E-state index in [4.69, 9.17) is 21.1 Å². The first-order chi connectivity index (χ1) is 16.0. The molecule has 2 aliphatic rings. The molecule has 1 aromatic heterocycles. The van der Waals surface area contributed by atoms with E-state index in [1.165, 1.54) is 18.6 Å². The molecular weight excluding hydrogens is 448 g/mol. The summed E-state index contributed by atoms with van der Waals surface area (Å²) < 4.78 is 11.8. The molecule has 0 spiro atoms. The number of carbonyl (C=O) groups excluding carboxylic acids is 2. The Morgan fingerprint density at radius 3 is 2.76 bits per heavy atom. The van der Waals surface area contributed by atoms with Gasteiger partial charge in [0.2, 0.25) is 5.91 Å². The largest absolute Gasteiger partial charge is 0.389 e. The Labute approximate surface area is 197 Å². The highest BCUT2D eigenvalue weighted by atomic mass is 35.5. The van der Waals surface area contributed by atoms with Crippen molar-refractivity contribution in [2.45, 2.75) is 50.2 Å². The van der Waals surface area contributed by atoms with Crippen molar-refractivity contribution in [2.75, 3.05) is 19.8 Å². The number of halogens is 1. The van der Waals surface area contributed by atoms with Crippen LogP contribution in [0.1, 0.15) is 35.3 Å². The topological polar surface area (TPSA) is 114 Å². The number of aliphatic hydroxyl groups excluding tert-OH is 1. The number of fused-ring (bicyclic) bond motifs is 1. The predicted octanol–water partition coefficient (Wildman–Crippen LogP) is 1.59. The van der Waals surface area contributed by atoms with Gasteiger partial charge in [0.15, 0.2) is 0 Å². The number of nitrogens with one attached hydrogen (secondary N) is 1. The predicted molar refractivity (Wildman–Crippen MR) is 119 cm³/mol. The lowest BCUT2D eigenvalue weighted by atomic mass is 9.94. The molecule has 2 fully saturated rings. The number of β-amino-alcohol motifs (C(OH)–C–C–N with tert-alkyl or cyclic N) is 1. The van der Waals surface area contributed by atoms with Crippen molar-refractivity contribution in [3.63, 3.8) is 0 Å². The van der Waals surface area contributed by atoms with Crippen LogP contribution in [0, 0.1) is 0 Å². The van der Waals surface area contributed by atoms with Crippen LogP contribution in [-0.4, -0.2) is 75.9 Å². The molecule has 2 aliphatic heterocycles. The molecule has 0 aliphatic carbocycles. The molecule has 3 heterocycles. The van der Waals surface area contributed by atoms with Crippen molar-refractivity contribution in [1.29, 1.82) is 0 Å². The van der Waals surface area contributed by atoms with Crippen LogP contribution in [0.3, 0.4) is 0 Å². The Morgan fingerprint density at radius 1 is 1.18 bits per heavy atom. The minimum atomic E-state index is -0.803. The third-order valence-corrected chi connectivity index (χ3v) is 6.09. The van der Waals surface area contributed by atoms with E-state index in [2.05, 4.69) is 15.3 Å². The molecule has 0 bridgehead atoms. The summed E-state index contributed by atoms with van der Waals surface area (Å²) >= 11 is 5.89. The third kappa shape index (κ3) is 6.26. The van der Waals surface area contributed by atoms with Crippen molar-refractivity contribution in [3.05, 3.63) is 59.1 Å². The number of amides is 2. The second-order valence-corrected chi connectivity index (χ2v) is 8.72. The molecule has 2 amide bonds. The van der Waals surface area contributed by atoms with Gasteiger partial charge in [-0.15, -0.1) is 0 Å². The van der Waals surface area contributed by atoms with Crippen LogP contribution in [-0.2, 0) is 20.8 Å². The van der Waals surface area contributed by atoms with E-state index in [-0.39, 0.29) is 55.8 Å². The molecule has 4 atom stereocenters. The second kappa shape index (κ2) is 11.0.